The molecule has 3 N–H and O–H groups in total. The van der Waals surface area contributed by atoms with Crippen molar-refractivity contribution in [2.24, 2.45) is 0 Å². The summed E-state index contributed by atoms with van der Waals surface area (Å²) in [6.45, 7) is 14.7. The largest absolute Gasteiger partial charge is 0.506 e. The zero-order chi connectivity index (χ0) is 38.4. The average Bonchev–Trinajstić information content (AvgIpc) is 3.06. The van der Waals surface area contributed by atoms with Crippen LogP contribution in [0, 0.1) is 62.3 Å². The van der Waals surface area contributed by atoms with Crippen LogP contribution in [0.2, 0.25) is 0 Å². The van der Waals surface area contributed by atoms with E-state index in [4.69, 9.17) is 18.9 Å². The minimum absolute atomic E-state index is 0.110. The summed E-state index contributed by atoms with van der Waals surface area (Å²) in [5.41, 5.74) is 1.53. The van der Waals surface area contributed by atoms with Crippen molar-refractivity contribution in [3.63, 3.8) is 0 Å². The lowest BCUT2D eigenvalue weighted by molar-refractivity contribution is -0.150. The van der Waals surface area contributed by atoms with Gasteiger partial charge in [-0.1, -0.05) is 0 Å². The maximum Gasteiger partial charge on any atom is 0.355 e. The Hall–Kier alpha value is -5.27. The van der Waals surface area contributed by atoms with Crippen LogP contribution in [0.4, 0.5) is 0 Å². The second kappa shape index (κ2) is 14.2. The third-order valence-corrected chi connectivity index (χ3v) is 10.1. The number of halogens is 1. The monoisotopic (exact) mass is 764 g/mol. The van der Waals surface area contributed by atoms with Gasteiger partial charge < -0.3 is 34.3 Å². The van der Waals surface area contributed by atoms with Crippen LogP contribution < -0.4 is 14.2 Å². The highest BCUT2D eigenvalue weighted by Gasteiger charge is 2.44. The number of carboxylic acid groups (broad SMARTS) is 1. The number of carbonyl (C=O) groups is 5. The number of methoxy groups -OCH3 is 1. The first-order valence-corrected chi connectivity index (χ1v) is 16.3. The molecule has 0 spiro atoms. The summed E-state index contributed by atoms with van der Waals surface area (Å²) >= 11 is 3.19. The lowest BCUT2D eigenvalue weighted by Crippen LogP contribution is -2.44. The predicted molar refractivity (Wildman–Crippen MR) is 188 cm³/mol. The van der Waals surface area contributed by atoms with Gasteiger partial charge in [0.2, 0.25) is 5.60 Å². The zero-order valence-corrected chi connectivity index (χ0v) is 31.3. The van der Waals surface area contributed by atoms with Crippen molar-refractivity contribution in [2.75, 3.05) is 7.11 Å². The molecule has 0 amide bonds. The van der Waals surface area contributed by atoms with Gasteiger partial charge in [0.05, 0.1) is 18.2 Å². The van der Waals surface area contributed by atoms with E-state index < -0.39 is 41.0 Å². The number of carbonyl (C=O) groups excluding carboxylic acids is 4. The Kier molecular flexibility index (Phi) is 10.7. The molecule has 0 heterocycles. The highest BCUT2D eigenvalue weighted by Crippen LogP contribution is 2.44. The molecule has 0 unspecified atom stereocenters. The lowest BCUT2D eigenvalue weighted by atomic mass is 9.93. The summed E-state index contributed by atoms with van der Waals surface area (Å²) in [4.78, 5) is 63.9. The molecule has 3 aromatic carbocycles. The predicted octanol–water partition coefficient (Wildman–Crippen LogP) is 6.37. The first-order valence-electron chi connectivity index (χ1n) is 15.5. The first kappa shape index (κ1) is 38.5. The molecular weight excluding hydrogens is 728 g/mol. The summed E-state index contributed by atoms with van der Waals surface area (Å²) in [7, 11) is 1.17. The van der Waals surface area contributed by atoms with Crippen molar-refractivity contribution >= 4 is 45.6 Å². The van der Waals surface area contributed by atoms with Gasteiger partial charge in [-0.15, -0.1) is 0 Å². The molecular formula is C38H37BrO12. The summed E-state index contributed by atoms with van der Waals surface area (Å²) < 4.78 is 21.9. The number of aromatic hydroxyl groups is 1. The second-order valence-corrected chi connectivity index (χ2v) is 13.1. The number of aromatic carboxylic acids is 1. The number of carboxylic acids is 1. The Morgan fingerprint density at radius 1 is 0.706 bits per heavy atom. The van der Waals surface area contributed by atoms with Crippen molar-refractivity contribution in [1.29, 1.82) is 0 Å². The van der Waals surface area contributed by atoms with Crippen LogP contribution in [0.5, 0.6) is 23.0 Å². The van der Waals surface area contributed by atoms with Crippen LogP contribution in [-0.4, -0.2) is 57.7 Å². The van der Waals surface area contributed by atoms with Crippen molar-refractivity contribution in [3.05, 3.63) is 101 Å². The lowest BCUT2D eigenvalue weighted by Gasteiger charge is -2.27. The van der Waals surface area contributed by atoms with E-state index in [0.717, 1.165) is 18.2 Å². The fourth-order valence-corrected chi connectivity index (χ4v) is 6.50. The molecule has 1 aliphatic carbocycles. The normalized spacial score (nSPS) is 15.3. The number of aryl methyl sites for hydroxylation is 1. The summed E-state index contributed by atoms with van der Waals surface area (Å²) in [5, 5.41) is 31.8. The fraction of sp³-hybridized carbons (Fsp3) is 0.289. The van der Waals surface area contributed by atoms with Gasteiger partial charge in [-0.2, -0.15) is 0 Å². The van der Waals surface area contributed by atoms with E-state index in [9.17, 15) is 39.3 Å². The summed E-state index contributed by atoms with van der Waals surface area (Å²) in [6.07, 6.45) is 2.86. The van der Waals surface area contributed by atoms with Gasteiger partial charge >= 0.3 is 23.9 Å². The van der Waals surface area contributed by atoms with E-state index in [1.54, 1.807) is 48.5 Å². The number of hydrogen-bond acceptors (Lipinski definition) is 11. The number of esters is 3. The second-order valence-electron chi connectivity index (χ2n) is 12.3. The average molecular weight is 766 g/mol. The molecule has 0 saturated heterocycles. The quantitative estimate of drug-likeness (QED) is 0.170. The topological polar surface area (TPSA) is 183 Å². The van der Waals surface area contributed by atoms with Gasteiger partial charge in [0.15, 0.2) is 11.5 Å². The minimum atomic E-state index is -2.43. The molecule has 0 saturated carbocycles. The maximum atomic E-state index is 13.6. The number of allylic oxidation sites excluding steroid dienone is 2. The van der Waals surface area contributed by atoms with Crippen LogP contribution >= 0.6 is 15.9 Å². The molecule has 1 atom stereocenters. The number of rotatable bonds is 8. The summed E-state index contributed by atoms with van der Waals surface area (Å²) in [5.74, 6) is -5.22. The number of benzene rings is 3. The molecule has 1 aliphatic rings. The van der Waals surface area contributed by atoms with Crippen molar-refractivity contribution in [3.8, 4) is 23.0 Å². The molecule has 0 aliphatic heterocycles. The molecule has 0 bridgehead atoms. The third-order valence-electron chi connectivity index (χ3n) is 9.41. The van der Waals surface area contributed by atoms with Gasteiger partial charge in [-0.3, -0.25) is 4.79 Å². The Balaban J connectivity index is 1.65. The number of ether oxygens (including phenoxy) is 4. The fourth-order valence-electron chi connectivity index (χ4n) is 5.93. The number of aliphatic hydroxyl groups is 1. The van der Waals surface area contributed by atoms with E-state index in [1.807, 2.05) is 0 Å². The number of phenols is 1. The van der Waals surface area contributed by atoms with E-state index in [2.05, 4.69) is 15.9 Å². The Morgan fingerprint density at radius 3 is 1.76 bits per heavy atom. The Bertz CT molecular complexity index is 2080. The molecule has 13 heteroatoms. The Labute approximate surface area is 302 Å². The Morgan fingerprint density at radius 2 is 1.22 bits per heavy atom. The number of hydrogen-bond donors (Lipinski definition) is 3. The number of ketones is 1. The van der Waals surface area contributed by atoms with E-state index in [-0.39, 0.29) is 55.3 Å². The molecule has 0 fully saturated rings. The van der Waals surface area contributed by atoms with Crippen molar-refractivity contribution in [1.82, 2.24) is 0 Å². The molecule has 268 valence electrons. The zero-order valence-electron chi connectivity index (χ0n) is 29.7. The SMILES string of the molecule is COC1=CC(=O)C=C[C@@]1(O)C(=O)Oc1c(C)c(C)c(C(=O)Oc2cc(C)c(C(=O)Oc3c(C)c(C)c(C(=O)O)c(C)c3C)c(C)c2C)c(O)c1Br. The van der Waals surface area contributed by atoms with Crippen molar-refractivity contribution < 1.29 is 58.2 Å². The van der Waals surface area contributed by atoms with Gasteiger partial charge in [-0.05, 0) is 147 Å². The minimum Gasteiger partial charge on any atom is -0.506 e. The molecule has 51 heavy (non-hydrogen) atoms. The molecule has 0 aromatic heterocycles. The highest BCUT2D eigenvalue weighted by atomic mass is 79.9. The summed E-state index contributed by atoms with van der Waals surface area (Å²) in [6, 6.07) is 1.50. The van der Waals surface area contributed by atoms with Crippen LogP contribution in [-0.2, 0) is 14.3 Å². The van der Waals surface area contributed by atoms with Gasteiger partial charge in [0.1, 0.15) is 33.0 Å². The van der Waals surface area contributed by atoms with E-state index in [1.165, 1.54) is 27.0 Å². The molecule has 12 nitrogen and oxygen atoms in total. The van der Waals surface area contributed by atoms with Crippen LogP contribution in [0.25, 0.3) is 0 Å². The first-order chi connectivity index (χ1) is 23.7. The van der Waals surface area contributed by atoms with Gasteiger partial charge in [-0.25, -0.2) is 19.2 Å². The van der Waals surface area contributed by atoms with Gasteiger partial charge in [0, 0.05) is 6.08 Å². The van der Waals surface area contributed by atoms with E-state index in [0.29, 0.717) is 38.9 Å². The molecule has 0 radical (unpaired) electrons. The molecule has 3 aromatic rings. The third kappa shape index (κ3) is 6.66. The maximum absolute atomic E-state index is 13.6. The van der Waals surface area contributed by atoms with Crippen molar-refractivity contribution in [2.45, 2.75) is 67.9 Å². The van der Waals surface area contributed by atoms with Crippen LogP contribution in [0.1, 0.15) is 81.1 Å². The number of phenolic OH excluding ortho intramolecular Hbond substituents is 1. The smallest absolute Gasteiger partial charge is 0.355 e. The highest BCUT2D eigenvalue weighted by molar-refractivity contribution is 9.10. The standard InChI is InChI=1S/C38H37BrO12/c1-15-13-25(16(2)17(3)27(15)35(44)50-32-21(7)18(4)28(34(42)43)19(5)22(32)8)49-36(45)29-20(6)23(9)33(30(39)31(29)41)51-37(46)38(47)12-11-24(40)14-26(38)48-10/h11-14,41,47H,1-10H3,(H,42,43)/t38-/m0/s1. The molecule has 4 rings (SSSR count). The van der Waals surface area contributed by atoms with Crippen LogP contribution in [0.3, 0.4) is 0 Å². The van der Waals surface area contributed by atoms with Gasteiger partial charge in [0.25, 0.3) is 0 Å². The van der Waals surface area contributed by atoms with Crippen LogP contribution in [0.15, 0.2) is 34.5 Å². The van der Waals surface area contributed by atoms with E-state index >= 15 is 0 Å².